The Morgan fingerprint density at radius 1 is 1.09 bits per heavy atom. The summed E-state index contributed by atoms with van der Waals surface area (Å²) in [6.07, 6.45) is 0. The first-order chi connectivity index (χ1) is 16.4. The van der Waals surface area contributed by atoms with Gasteiger partial charge in [0.15, 0.2) is 0 Å². The lowest BCUT2D eigenvalue weighted by Crippen LogP contribution is -2.38. The summed E-state index contributed by atoms with van der Waals surface area (Å²) in [6, 6.07) is 13.9. The minimum atomic E-state index is -0.520. The van der Waals surface area contributed by atoms with E-state index in [1.165, 1.54) is 23.1 Å². The van der Waals surface area contributed by atoms with E-state index in [-0.39, 0.29) is 29.8 Å². The van der Waals surface area contributed by atoms with Crippen molar-refractivity contribution in [3.8, 4) is 5.69 Å². The van der Waals surface area contributed by atoms with Crippen molar-refractivity contribution < 1.29 is 14.5 Å². The van der Waals surface area contributed by atoms with Crippen LogP contribution < -0.4 is 5.32 Å². The fraction of sp³-hybridized carbons (Fsp3) is 0.346. The Bertz CT molecular complexity index is 1260. The van der Waals surface area contributed by atoms with E-state index in [9.17, 15) is 19.7 Å². The van der Waals surface area contributed by atoms with E-state index in [0.717, 1.165) is 16.9 Å². The van der Waals surface area contributed by atoms with Crippen molar-refractivity contribution in [2.75, 3.05) is 18.4 Å². The summed E-state index contributed by atoms with van der Waals surface area (Å²) in [5.41, 5.74) is 2.98. The fourth-order valence-electron chi connectivity index (χ4n) is 3.52. The molecule has 9 heteroatoms. The Morgan fingerprint density at radius 2 is 1.74 bits per heavy atom. The molecule has 3 rings (SSSR count). The number of rotatable bonds is 7. The molecule has 0 atom stereocenters. The van der Waals surface area contributed by atoms with Crippen LogP contribution in [0.25, 0.3) is 5.69 Å². The Kier molecular flexibility index (Phi) is 7.38. The molecule has 35 heavy (non-hydrogen) atoms. The first kappa shape index (κ1) is 25.6. The maximum absolute atomic E-state index is 13.0. The van der Waals surface area contributed by atoms with E-state index in [1.54, 1.807) is 18.5 Å². The molecule has 0 aliphatic heterocycles. The number of nitrogens with one attached hydrogen (secondary N) is 1. The first-order valence-electron chi connectivity index (χ1n) is 11.4. The van der Waals surface area contributed by atoms with Crippen LogP contribution in [0.4, 0.5) is 11.5 Å². The number of aromatic nitrogens is 2. The molecule has 2 amide bonds. The molecule has 0 unspecified atom stereocenters. The maximum Gasteiger partial charge on any atom is 0.273 e. The number of nitrogens with zero attached hydrogens (tertiary/aromatic N) is 4. The molecule has 1 N–H and O–H groups in total. The lowest BCUT2D eigenvalue weighted by atomic mass is 9.92. The lowest BCUT2D eigenvalue weighted by molar-refractivity contribution is -0.385. The topological polar surface area (TPSA) is 110 Å². The number of anilines is 1. The number of aryl methyl sites for hydroxylation is 2. The minimum Gasteiger partial charge on any atom is -0.330 e. The second-order valence-corrected chi connectivity index (χ2v) is 9.54. The molecule has 1 aromatic heterocycles. The highest BCUT2D eigenvalue weighted by Gasteiger charge is 2.24. The van der Waals surface area contributed by atoms with Gasteiger partial charge in [-0.25, -0.2) is 4.68 Å². The van der Waals surface area contributed by atoms with Crippen LogP contribution in [0.1, 0.15) is 54.9 Å². The van der Waals surface area contributed by atoms with Crippen LogP contribution in [-0.4, -0.2) is 44.5 Å². The van der Waals surface area contributed by atoms with Gasteiger partial charge in [0.25, 0.3) is 11.6 Å². The molecule has 2 aromatic carbocycles. The number of hydrogen-bond donors (Lipinski definition) is 1. The molecule has 3 aromatic rings. The summed E-state index contributed by atoms with van der Waals surface area (Å²) in [7, 11) is 0. The van der Waals surface area contributed by atoms with E-state index < -0.39 is 16.7 Å². The van der Waals surface area contributed by atoms with E-state index in [2.05, 4.69) is 5.32 Å². The van der Waals surface area contributed by atoms with Gasteiger partial charge in [0.1, 0.15) is 12.4 Å². The molecular formula is C26H31N5O4. The van der Waals surface area contributed by atoms with Crippen LogP contribution in [0.5, 0.6) is 0 Å². The van der Waals surface area contributed by atoms with E-state index in [0.29, 0.717) is 11.4 Å². The number of carbonyl (C=O) groups is 2. The number of nitro benzene ring substituents is 1. The van der Waals surface area contributed by atoms with Crippen molar-refractivity contribution in [2.24, 2.45) is 0 Å². The highest BCUT2D eigenvalue weighted by atomic mass is 16.6. The van der Waals surface area contributed by atoms with Crippen molar-refractivity contribution in [1.29, 1.82) is 0 Å². The summed E-state index contributed by atoms with van der Waals surface area (Å²) < 4.78 is 1.68. The van der Waals surface area contributed by atoms with Gasteiger partial charge >= 0.3 is 0 Å². The van der Waals surface area contributed by atoms with Gasteiger partial charge in [-0.15, -0.1) is 0 Å². The van der Waals surface area contributed by atoms with Crippen LogP contribution >= 0.6 is 0 Å². The van der Waals surface area contributed by atoms with Crippen LogP contribution in [-0.2, 0) is 10.2 Å². The second kappa shape index (κ2) is 10.1. The molecule has 0 saturated heterocycles. The molecular weight excluding hydrogens is 446 g/mol. The predicted molar refractivity (Wildman–Crippen MR) is 135 cm³/mol. The van der Waals surface area contributed by atoms with E-state index in [4.69, 9.17) is 5.10 Å². The summed E-state index contributed by atoms with van der Waals surface area (Å²) in [5.74, 6) is -0.345. The highest BCUT2D eigenvalue weighted by Crippen LogP contribution is 2.26. The predicted octanol–water partition coefficient (Wildman–Crippen LogP) is 4.80. The monoisotopic (exact) mass is 477 g/mol. The van der Waals surface area contributed by atoms with Gasteiger partial charge in [0.05, 0.1) is 16.3 Å². The number of amides is 2. The van der Waals surface area contributed by atoms with Gasteiger partial charge in [-0.1, -0.05) is 44.5 Å². The van der Waals surface area contributed by atoms with Gasteiger partial charge in [0.2, 0.25) is 5.91 Å². The number of hydrogen-bond acceptors (Lipinski definition) is 5. The van der Waals surface area contributed by atoms with Gasteiger partial charge < -0.3 is 10.2 Å². The molecule has 184 valence electrons. The highest BCUT2D eigenvalue weighted by molar-refractivity contribution is 5.99. The van der Waals surface area contributed by atoms with Gasteiger partial charge in [-0.2, -0.15) is 5.10 Å². The van der Waals surface area contributed by atoms with Crippen LogP contribution in [0.15, 0.2) is 48.5 Å². The lowest BCUT2D eigenvalue weighted by Gasteiger charge is -2.20. The van der Waals surface area contributed by atoms with Gasteiger partial charge in [-0.3, -0.25) is 19.7 Å². The Morgan fingerprint density at radius 3 is 2.31 bits per heavy atom. The quantitative estimate of drug-likeness (QED) is 0.388. The smallest absolute Gasteiger partial charge is 0.273 e. The minimum absolute atomic E-state index is 0.131. The molecule has 1 heterocycles. The largest absolute Gasteiger partial charge is 0.330 e. The fourth-order valence-corrected chi connectivity index (χ4v) is 3.52. The van der Waals surface area contributed by atoms with Crippen molar-refractivity contribution >= 4 is 23.3 Å². The average molecular weight is 478 g/mol. The van der Waals surface area contributed by atoms with Crippen LogP contribution in [0.2, 0.25) is 0 Å². The van der Waals surface area contributed by atoms with Crippen molar-refractivity contribution in [3.05, 3.63) is 81.0 Å². The molecule has 0 saturated carbocycles. The molecule has 0 fully saturated rings. The van der Waals surface area contributed by atoms with Crippen molar-refractivity contribution in [2.45, 2.75) is 47.0 Å². The zero-order chi connectivity index (χ0) is 25.9. The summed E-state index contributed by atoms with van der Waals surface area (Å²) >= 11 is 0. The van der Waals surface area contributed by atoms with Crippen LogP contribution in [0.3, 0.4) is 0 Å². The van der Waals surface area contributed by atoms with E-state index in [1.807, 2.05) is 58.0 Å². The molecule has 0 aliphatic rings. The third-order valence-corrected chi connectivity index (χ3v) is 5.68. The summed E-state index contributed by atoms with van der Waals surface area (Å²) in [5, 5.41) is 18.9. The Balaban J connectivity index is 1.84. The summed E-state index contributed by atoms with van der Waals surface area (Å²) in [4.78, 5) is 38.1. The average Bonchev–Trinajstić information content (AvgIpc) is 3.22. The molecule has 0 radical (unpaired) electrons. The number of likely N-dealkylation sites (N-methyl/N-ethyl adjacent to an activating group) is 1. The normalized spacial score (nSPS) is 11.3. The van der Waals surface area contributed by atoms with Crippen LogP contribution in [0, 0.1) is 24.0 Å². The number of nitro groups is 1. The molecule has 0 bridgehead atoms. The van der Waals surface area contributed by atoms with Gasteiger partial charge in [-0.05, 0) is 39.0 Å². The second-order valence-electron chi connectivity index (χ2n) is 9.54. The number of benzene rings is 2. The number of carbonyl (C=O) groups excluding carboxylic acids is 2. The summed E-state index contributed by atoms with van der Waals surface area (Å²) in [6.45, 7) is 11.5. The molecule has 9 nitrogen and oxygen atoms in total. The Hall–Kier alpha value is -4.01. The third-order valence-electron chi connectivity index (χ3n) is 5.68. The first-order valence-corrected chi connectivity index (χ1v) is 11.4. The standard InChI is InChI=1S/C26H31N5O4/c1-7-29(25(33)19-11-10-18(3)21(14-19)31(34)35)16-24(32)27-23-15-22(26(4,5)6)28-30(23)20-12-8-17(2)9-13-20/h8-15H,7,16H2,1-6H3,(H,27,32). The van der Waals surface area contributed by atoms with Crippen molar-refractivity contribution in [3.63, 3.8) is 0 Å². The maximum atomic E-state index is 13.0. The zero-order valence-electron chi connectivity index (χ0n) is 21.0. The Labute approximate surface area is 204 Å². The molecule has 0 aliphatic carbocycles. The third kappa shape index (κ3) is 5.92. The SMILES string of the molecule is CCN(CC(=O)Nc1cc(C(C)(C)C)nn1-c1ccc(C)cc1)C(=O)c1ccc(C)c([N+](=O)[O-])c1. The van der Waals surface area contributed by atoms with Crippen molar-refractivity contribution in [1.82, 2.24) is 14.7 Å². The van der Waals surface area contributed by atoms with Gasteiger partial charge in [0, 0.05) is 35.2 Å². The zero-order valence-corrected chi connectivity index (χ0v) is 21.0. The molecule has 0 spiro atoms. The van der Waals surface area contributed by atoms with E-state index >= 15 is 0 Å².